The number of rotatable bonds is 9. The Bertz CT molecular complexity index is 745. The first-order valence-corrected chi connectivity index (χ1v) is 9.04. The fraction of sp³-hybridized carbons (Fsp3) is 0.471. The number of amides is 1. The van der Waals surface area contributed by atoms with Gasteiger partial charge in [0.1, 0.15) is 0 Å². The first kappa shape index (κ1) is 18.5. The summed E-state index contributed by atoms with van der Waals surface area (Å²) in [5, 5.41) is 3.99. The van der Waals surface area contributed by atoms with Gasteiger partial charge in [0.2, 0.25) is 5.91 Å². The molecule has 0 aliphatic heterocycles. The third kappa shape index (κ3) is 4.82. The van der Waals surface area contributed by atoms with Gasteiger partial charge in [-0.25, -0.2) is 4.98 Å². The number of thioether (sulfide) groups is 1. The number of fused-ring (bicyclic) bond motifs is 1. The molecule has 1 aromatic carbocycles. The van der Waals surface area contributed by atoms with Crippen molar-refractivity contribution in [1.82, 2.24) is 14.9 Å². The first-order chi connectivity index (χ1) is 11.7. The van der Waals surface area contributed by atoms with Crippen LogP contribution in [0, 0.1) is 0 Å². The topological polar surface area (TPSA) is 73.2 Å². The molecule has 0 radical (unpaired) electrons. The van der Waals surface area contributed by atoms with Crippen molar-refractivity contribution >= 4 is 28.6 Å². The molecule has 0 spiro atoms. The Morgan fingerprint density at radius 2 is 2.17 bits per heavy atom. The summed E-state index contributed by atoms with van der Waals surface area (Å²) >= 11 is 1.28. The van der Waals surface area contributed by atoms with Crippen molar-refractivity contribution in [3.05, 3.63) is 34.6 Å². The minimum Gasteiger partial charge on any atom is -0.383 e. The van der Waals surface area contributed by atoms with Crippen molar-refractivity contribution in [1.29, 1.82) is 0 Å². The summed E-state index contributed by atoms with van der Waals surface area (Å²) in [5.74, 6) is 0.190. The number of methoxy groups -OCH3 is 1. The number of unbranched alkanes of at least 4 members (excludes halogenated alkanes) is 1. The summed E-state index contributed by atoms with van der Waals surface area (Å²) in [6.45, 7) is 3.58. The maximum absolute atomic E-state index is 12.7. The van der Waals surface area contributed by atoms with Gasteiger partial charge in [-0.15, -0.1) is 0 Å². The van der Waals surface area contributed by atoms with E-state index in [0.717, 1.165) is 12.8 Å². The number of carbonyl (C=O) groups is 1. The molecule has 0 atom stereocenters. The van der Waals surface area contributed by atoms with Gasteiger partial charge in [0, 0.05) is 13.7 Å². The number of carbonyl (C=O) groups excluding carboxylic acids is 1. The molecule has 7 heteroatoms. The van der Waals surface area contributed by atoms with Crippen LogP contribution in [-0.2, 0) is 16.1 Å². The normalized spacial score (nSPS) is 10.9. The summed E-state index contributed by atoms with van der Waals surface area (Å²) in [5.41, 5.74) is 0.539. The van der Waals surface area contributed by atoms with Crippen molar-refractivity contribution in [2.75, 3.05) is 26.0 Å². The molecule has 1 aromatic heterocycles. The highest BCUT2D eigenvalue weighted by Crippen LogP contribution is 2.17. The van der Waals surface area contributed by atoms with Crippen molar-refractivity contribution in [2.45, 2.75) is 31.5 Å². The Hall–Kier alpha value is -1.86. The Kier molecular flexibility index (Phi) is 7.27. The van der Waals surface area contributed by atoms with E-state index in [0.29, 0.717) is 35.8 Å². The fourth-order valence-corrected chi connectivity index (χ4v) is 3.08. The molecule has 0 saturated heterocycles. The molecular formula is C17H23N3O3S. The predicted octanol–water partition coefficient (Wildman–Crippen LogP) is 2.05. The molecule has 1 amide bonds. The molecule has 0 saturated carbocycles. The maximum atomic E-state index is 12.7. The molecule has 1 heterocycles. The Labute approximate surface area is 145 Å². The Morgan fingerprint density at radius 1 is 1.38 bits per heavy atom. The number of ether oxygens (including phenoxy) is 1. The van der Waals surface area contributed by atoms with Gasteiger partial charge in [-0.2, -0.15) is 0 Å². The molecule has 0 aliphatic carbocycles. The van der Waals surface area contributed by atoms with Crippen molar-refractivity contribution < 1.29 is 9.53 Å². The van der Waals surface area contributed by atoms with Gasteiger partial charge in [0.05, 0.1) is 29.8 Å². The number of hydrogen-bond donors (Lipinski definition) is 1. The quantitative estimate of drug-likeness (QED) is 0.426. The van der Waals surface area contributed by atoms with Crippen LogP contribution in [-0.4, -0.2) is 41.5 Å². The second-order valence-electron chi connectivity index (χ2n) is 5.35. The monoisotopic (exact) mass is 349 g/mol. The zero-order chi connectivity index (χ0) is 17.4. The largest absolute Gasteiger partial charge is 0.383 e. The van der Waals surface area contributed by atoms with Crippen LogP contribution >= 0.6 is 11.8 Å². The van der Waals surface area contributed by atoms with E-state index >= 15 is 0 Å². The SMILES string of the molecule is CCCCNC(=O)CSc1nc2ccccc2c(=O)n1CCOC. The number of benzene rings is 1. The van der Waals surface area contributed by atoms with Crippen molar-refractivity contribution in [2.24, 2.45) is 0 Å². The molecule has 1 N–H and O–H groups in total. The molecule has 6 nitrogen and oxygen atoms in total. The van der Waals surface area contributed by atoms with Crippen LogP contribution in [0.25, 0.3) is 10.9 Å². The van der Waals surface area contributed by atoms with E-state index in [-0.39, 0.29) is 17.2 Å². The first-order valence-electron chi connectivity index (χ1n) is 8.05. The third-order valence-corrected chi connectivity index (χ3v) is 4.51. The molecule has 0 fully saturated rings. The number of nitrogens with zero attached hydrogens (tertiary/aromatic N) is 2. The fourth-order valence-electron chi connectivity index (χ4n) is 2.22. The smallest absolute Gasteiger partial charge is 0.262 e. The standard InChI is InChI=1S/C17H23N3O3S/c1-3-4-9-18-15(21)12-24-17-19-14-8-6-5-7-13(14)16(22)20(17)10-11-23-2/h5-8H,3-4,9-12H2,1-2H3,(H,18,21). The molecular weight excluding hydrogens is 326 g/mol. The highest BCUT2D eigenvalue weighted by atomic mass is 32.2. The van der Waals surface area contributed by atoms with Gasteiger partial charge in [0.25, 0.3) is 5.56 Å². The zero-order valence-electron chi connectivity index (χ0n) is 14.1. The molecule has 0 aliphatic rings. The lowest BCUT2D eigenvalue weighted by atomic mass is 10.2. The van der Waals surface area contributed by atoms with Crippen LogP contribution in [0.5, 0.6) is 0 Å². The van der Waals surface area contributed by atoms with Gasteiger partial charge in [-0.05, 0) is 18.6 Å². The lowest BCUT2D eigenvalue weighted by Crippen LogP contribution is -2.28. The van der Waals surface area contributed by atoms with Crippen LogP contribution in [0.2, 0.25) is 0 Å². The average molecular weight is 349 g/mol. The molecule has 2 aromatic rings. The van der Waals surface area contributed by atoms with E-state index in [1.54, 1.807) is 17.7 Å². The molecule has 0 unspecified atom stereocenters. The summed E-state index contributed by atoms with van der Waals surface area (Å²) < 4.78 is 6.66. The number of hydrogen-bond acceptors (Lipinski definition) is 5. The lowest BCUT2D eigenvalue weighted by Gasteiger charge is -2.12. The summed E-state index contributed by atoms with van der Waals surface area (Å²) in [6.07, 6.45) is 2.00. The molecule has 0 bridgehead atoms. The van der Waals surface area contributed by atoms with E-state index in [9.17, 15) is 9.59 Å². The Balaban J connectivity index is 2.20. The summed E-state index contributed by atoms with van der Waals surface area (Å²) in [4.78, 5) is 29.1. The van der Waals surface area contributed by atoms with Gasteiger partial charge in [-0.1, -0.05) is 37.2 Å². The van der Waals surface area contributed by atoms with Crippen molar-refractivity contribution in [3.8, 4) is 0 Å². The van der Waals surface area contributed by atoms with Gasteiger partial charge >= 0.3 is 0 Å². The van der Waals surface area contributed by atoms with E-state index in [1.165, 1.54) is 11.8 Å². The van der Waals surface area contributed by atoms with Crippen molar-refractivity contribution in [3.63, 3.8) is 0 Å². The minimum absolute atomic E-state index is 0.0471. The van der Waals surface area contributed by atoms with Crippen LogP contribution < -0.4 is 10.9 Å². The molecule has 24 heavy (non-hydrogen) atoms. The lowest BCUT2D eigenvalue weighted by molar-refractivity contribution is -0.118. The van der Waals surface area contributed by atoms with Crippen LogP contribution in [0.3, 0.4) is 0 Å². The van der Waals surface area contributed by atoms with E-state index < -0.39 is 0 Å². The van der Waals surface area contributed by atoms with Gasteiger partial charge in [0.15, 0.2) is 5.16 Å². The van der Waals surface area contributed by atoms with E-state index in [1.807, 2.05) is 18.2 Å². The van der Waals surface area contributed by atoms with Crippen LogP contribution in [0.1, 0.15) is 19.8 Å². The highest BCUT2D eigenvalue weighted by molar-refractivity contribution is 7.99. The molecule has 130 valence electrons. The average Bonchev–Trinajstić information content (AvgIpc) is 2.59. The minimum atomic E-state index is -0.105. The van der Waals surface area contributed by atoms with E-state index in [4.69, 9.17) is 4.74 Å². The predicted molar refractivity (Wildman–Crippen MR) is 96.5 cm³/mol. The Morgan fingerprint density at radius 3 is 2.92 bits per heavy atom. The molecule has 2 rings (SSSR count). The number of aromatic nitrogens is 2. The second kappa shape index (κ2) is 9.44. The summed E-state index contributed by atoms with van der Waals surface area (Å²) in [6, 6.07) is 7.24. The summed E-state index contributed by atoms with van der Waals surface area (Å²) in [7, 11) is 1.59. The van der Waals surface area contributed by atoms with Crippen LogP contribution in [0.15, 0.2) is 34.2 Å². The van der Waals surface area contributed by atoms with Gasteiger partial charge < -0.3 is 10.1 Å². The third-order valence-electron chi connectivity index (χ3n) is 3.53. The highest BCUT2D eigenvalue weighted by Gasteiger charge is 2.12. The number of para-hydroxylation sites is 1. The van der Waals surface area contributed by atoms with Crippen LogP contribution in [0.4, 0.5) is 0 Å². The second-order valence-corrected chi connectivity index (χ2v) is 6.30. The van der Waals surface area contributed by atoms with Gasteiger partial charge in [-0.3, -0.25) is 14.2 Å². The maximum Gasteiger partial charge on any atom is 0.262 e. The zero-order valence-corrected chi connectivity index (χ0v) is 14.9. The number of nitrogens with one attached hydrogen (secondary N) is 1. The van der Waals surface area contributed by atoms with E-state index in [2.05, 4.69) is 17.2 Å².